The highest BCUT2D eigenvalue weighted by Gasteiger charge is 2.19. The van der Waals surface area contributed by atoms with E-state index >= 15 is 0 Å². The first-order valence-corrected chi connectivity index (χ1v) is 10.4. The van der Waals surface area contributed by atoms with Gasteiger partial charge in [0.15, 0.2) is 0 Å². The second-order valence-corrected chi connectivity index (χ2v) is 7.75. The maximum atomic E-state index is 14.6. The van der Waals surface area contributed by atoms with Crippen LogP contribution in [-0.2, 0) is 6.42 Å². The van der Waals surface area contributed by atoms with Crippen molar-refractivity contribution in [2.24, 2.45) is 11.8 Å². The summed E-state index contributed by atoms with van der Waals surface area (Å²) in [5.41, 5.74) is 2.11. The van der Waals surface area contributed by atoms with E-state index in [2.05, 4.69) is 17.1 Å². The summed E-state index contributed by atoms with van der Waals surface area (Å²) in [5, 5.41) is 8.14. The maximum Gasteiger partial charge on any atom is 0.233 e. The SMILES string of the molecule is CCCOc1ccc(-c2ccc(CCC3CCC(CC)CC3)cc2F)nn1. The van der Waals surface area contributed by atoms with Gasteiger partial charge in [0.2, 0.25) is 5.88 Å². The molecular formula is C23H31FN2O. The number of halogens is 1. The third-order valence-electron chi connectivity index (χ3n) is 5.79. The van der Waals surface area contributed by atoms with Gasteiger partial charge in [0, 0.05) is 11.6 Å². The molecule has 4 heteroatoms. The Hall–Kier alpha value is -1.97. The molecule has 3 nitrogen and oxygen atoms in total. The summed E-state index contributed by atoms with van der Waals surface area (Å²) in [6.45, 7) is 4.94. The molecule has 1 aliphatic rings. The lowest BCUT2D eigenvalue weighted by molar-refractivity contribution is 0.259. The van der Waals surface area contributed by atoms with E-state index in [0.29, 0.717) is 23.7 Å². The van der Waals surface area contributed by atoms with E-state index in [1.54, 1.807) is 18.2 Å². The van der Waals surface area contributed by atoms with Gasteiger partial charge in [0.25, 0.3) is 0 Å². The smallest absolute Gasteiger partial charge is 0.233 e. The second kappa shape index (κ2) is 9.82. The lowest BCUT2D eigenvalue weighted by atomic mass is 9.78. The van der Waals surface area contributed by atoms with E-state index in [1.165, 1.54) is 38.5 Å². The number of nitrogens with zero attached hydrogens (tertiary/aromatic N) is 2. The lowest BCUT2D eigenvalue weighted by Gasteiger charge is -2.27. The Morgan fingerprint density at radius 2 is 1.78 bits per heavy atom. The van der Waals surface area contributed by atoms with Crippen molar-refractivity contribution in [2.45, 2.75) is 65.2 Å². The monoisotopic (exact) mass is 370 g/mol. The normalized spacial score (nSPS) is 19.8. The molecule has 0 saturated heterocycles. The summed E-state index contributed by atoms with van der Waals surface area (Å²) in [7, 11) is 0. The number of rotatable bonds is 8. The summed E-state index contributed by atoms with van der Waals surface area (Å²) in [5.74, 6) is 1.99. The van der Waals surface area contributed by atoms with Crippen LogP contribution in [0.5, 0.6) is 5.88 Å². The highest BCUT2D eigenvalue weighted by molar-refractivity contribution is 5.60. The standard InChI is InChI=1S/C23H31FN2O/c1-3-15-27-23-14-13-22(25-26-23)20-12-11-19(16-21(20)24)10-9-18-7-5-17(4-2)6-8-18/h11-14,16-18H,3-10,15H2,1-2H3. The van der Waals surface area contributed by atoms with Crippen molar-refractivity contribution in [3.63, 3.8) is 0 Å². The molecule has 1 saturated carbocycles. The van der Waals surface area contributed by atoms with Crippen LogP contribution in [0, 0.1) is 17.7 Å². The Labute approximate surface area is 162 Å². The Morgan fingerprint density at radius 1 is 1.00 bits per heavy atom. The van der Waals surface area contributed by atoms with Crippen molar-refractivity contribution in [3.8, 4) is 17.1 Å². The Balaban J connectivity index is 1.57. The summed E-state index contributed by atoms with van der Waals surface area (Å²) in [4.78, 5) is 0. The molecule has 2 aromatic rings. The third-order valence-corrected chi connectivity index (χ3v) is 5.79. The van der Waals surface area contributed by atoms with E-state index in [-0.39, 0.29) is 5.82 Å². The minimum absolute atomic E-state index is 0.223. The molecule has 1 fully saturated rings. The topological polar surface area (TPSA) is 35.0 Å². The highest BCUT2D eigenvalue weighted by atomic mass is 19.1. The van der Waals surface area contributed by atoms with Crippen molar-refractivity contribution in [1.82, 2.24) is 10.2 Å². The van der Waals surface area contributed by atoms with Crippen LogP contribution >= 0.6 is 0 Å². The van der Waals surface area contributed by atoms with Crippen molar-refractivity contribution in [2.75, 3.05) is 6.61 Å². The Kier molecular flexibility index (Phi) is 7.19. The number of hydrogen-bond donors (Lipinski definition) is 0. The van der Waals surface area contributed by atoms with Gasteiger partial charge in [-0.05, 0) is 54.9 Å². The number of aromatic nitrogens is 2. The Bertz CT molecular complexity index is 709. The summed E-state index contributed by atoms with van der Waals surface area (Å²) in [6, 6.07) is 9.03. The summed E-state index contributed by atoms with van der Waals surface area (Å²) < 4.78 is 20.0. The van der Waals surface area contributed by atoms with Crippen LogP contribution in [-0.4, -0.2) is 16.8 Å². The molecule has 1 aliphatic carbocycles. The first kappa shape index (κ1) is 19.8. The average molecular weight is 371 g/mol. The van der Waals surface area contributed by atoms with Gasteiger partial charge in [-0.2, -0.15) is 0 Å². The predicted octanol–water partition coefficient (Wildman–Crippen LogP) is 6.22. The van der Waals surface area contributed by atoms with E-state index < -0.39 is 0 Å². The van der Waals surface area contributed by atoms with Crippen LogP contribution in [0.25, 0.3) is 11.3 Å². The molecule has 0 aliphatic heterocycles. The Morgan fingerprint density at radius 3 is 2.41 bits per heavy atom. The van der Waals surface area contributed by atoms with E-state index in [0.717, 1.165) is 30.2 Å². The first-order chi connectivity index (χ1) is 13.2. The van der Waals surface area contributed by atoms with Crippen LogP contribution in [0.1, 0.15) is 64.4 Å². The molecular weight excluding hydrogens is 339 g/mol. The van der Waals surface area contributed by atoms with Gasteiger partial charge in [-0.15, -0.1) is 10.2 Å². The minimum atomic E-state index is -0.223. The first-order valence-electron chi connectivity index (χ1n) is 10.4. The van der Waals surface area contributed by atoms with Crippen molar-refractivity contribution >= 4 is 0 Å². The second-order valence-electron chi connectivity index (χ2n) is 7.75. The maximum absolute atomic E-state index is 14.6. The predicted molar refractivity (Wildman–Crippen MR) is 107 cm³/mol. The zero-order valence-electron chi connectivity index (χ0n) is 16.6. The van der Waals surface area contributed by atoms with Gasteiger partial charge in [-0.3, -0.25) is 0 Å². The van der Waals surface area contributed by atoms with E-state index in [9.17, 15) is 4.39 Å². The molecule has 146 valence electrons. The van der Waals surface area contributed by atoms with Gasteiger partial charge in [-0.25, -0.2) is 4.39 Å². The van der Waals surface area contributed by atoms with Gasteiger partial charge in [0.05, 0.1) is 12.3 Å². The number of hydrogen-bond acceptors (Lipinski definition) is 3. The van der Waals surface area contributed by atoms with Crippen LogP contribution < -0.4 is 4.74 Å². The minimum Gasteiger partial charge on any atom is -0.477 e. The van der Waals surface area contributed by atoms with Crippen LogP contribution in [0.4, 0.5) is 4.39 Å². The summed E-state index contributed by atoms with van der Waals surface area (Å²) in [6.07, 6.45) is 9.75. The fourth-order valence-corrected chi connectivity index (χ4v) is 3.97. The number of ether oxygens (including phenoxy) is 1. The van der Waals surface area contributed by atoms with Gasteiger partial charge in [0.1, 0.15) is 5.82 Å². The fourth-order valence-electron chi connectivity index (χ4n) is 3.97. The quantitative estimate of drug-likeness (QED) is 0.553. The molecule has 3 rings (SSSR count). The summed E-state index contributed by atoms with van der Waals surface area (Å²) >= 11 is 0. The van der Waals surface area contributed by atoms with Gasteiger partial charge >= 0.3 is 0 Å². The fraction of sp³-hybridized carbons (Fsp3) is 0.565. The molecule has 1 heterocycles. The number of benzene rings is 1. The van der Waals surface area contributed by atoms with Crippen LogP contribution in [0.3, 0.4) is 0 Å². The van der Waals surface area contributed by atoms with Crippen molar-refractivity contribution in [1.29, 1.82) is 0 Å². The molecule has 0 atom stereocenters. The highest BCUT2D eigenvalue weighted by Crippen LogP contribution is 2.33. The van der Waals surface area contributed by atoms with Gasteiger partial charge < -0.3 is 4.74 Å². The molecule has 0 radical (unpaired) electrons. The molecule has 0 unspecified atom stereocenters. The van der Waals surface area contributed by atoms with Gasteiger partial charge in [-0.1, -0.05) is 52.0 Å². The zero-order chi connectivity index (χ0) is 19.1. The largest absolute Gasteiger partial charge is 0.477 e. The van der Waals surface area contributed by atoms with Crippen molar-refractivity contribution in [3.05, 3.63) is 41.7 Å². The van der Waals surface area contributed by atoms with Crippen LogP contribution in [0.15, 0.2) is 30.3 Å². The molecule has 27 heavy (non-hydrogen) atoms. The van der Waals surface area contributed by atoms with E-state index in [4.69, 9.17) is 4.74 Å². The molecule has 0 amide bonds. The molecule has 0 N–H and O–H groups in total. The van der Waals surface area contributed by atoms with E-state index in [1.807, 2.05) is 19.1 Å². The zero-order valence-corrected chi connectivity index (χ0v) is 16.6. The van der Waals surface area contributed by atoms with Crippen molar-refractivity contribution < 1.29 is 9.13 Å². The molecule has 0 spiro atoms. The molecule has 1 aromatic heterocycles. The molecule has 1 aromatic carbocycles. The average Bonchev–Trinajstić information content (AvgIpc) is 2.71. The number of aryl methyl sites for hydroxylation is 1. The van der Waals surface area contributed by atoms with Crippen LogP contribution in [0.2, 0.25) is 0 Å². The molecule has 0 bridgehead atoms. The lowest BCUT2D eigenvalue weighted by Crippen LogP contribution is -2.14. The third kappa shape index (κ3) is 5.50.